The lowest BCUT2D eigenvalue weighted by molar-refractivity contribution is 0.0562. The minimum atomic E-state index is -0.371. The van der Waals surface area contributed by atoms with Crippen LogP contribution in [-0.4, -0.2) is 48.4 Å². The predicted octanol–water partition coefficient (Wildman–Crippen LogP) is 4.50. The summed E-state index contributed by atoms with van der Waals surface area (Å²) in [4.78, 5) is 22.0. The first-order valence-electron chi connectivity index (χ1n) is 13.6. The predicted molar refractivity (Wildman–Crippen MR) is 148 cm³/mol. The molecule has 0 spiro atoms. The Morgan fingerprint density at radius 3 is 2.41 bits per heavy atom. The summed E-state index contributed by atoms with van der Waals surface area (Å²) < 4.78 is 20.9. The fourth-order valence-corrected chi connectivity index (χ4v) is 6.17. The molecule has 1 saturated carbocycles. The Morgan fingerprint density at radius 2 is 1.77 bits per heavy atom. The summed E-state index contributed by atoms with van der Waals surface area (Å²) in [6, 6.07) is 14.6. The van der Waals surface area contributed by atoms with E-state index in [4.69, 9.17) is 4.74 Å². The van der Waals surface area contributed by atoms with Crippen LogP contribution in [0.4, 0.5) is 15.8 Å². The summed E-state index contributed by atoms with van der Waals surface area (Å²) in [6.45, 7) is 2.44. The van der Waals surface area contributed by atoms with Gasteiger partial charge in [-0.15, -0.1) is 0 Å². The van der Waals surface area contributed by atoms with Gasteiger partial charge in [-0.05, 0) is 80.8 Å². The van der Waals surface area contributed by atoms with Crippen LogP contribution in [0.25, 0.3) is 11.0 Å². The Bertz CT molecular complexity index is 1480. The minimum Gasteiger partial charge on any atom is -0.381 e. The fraction of sp³-hybridized carbons (Fsp3) is 0.467. The van der Waals surface area contributed by atoms with Crippen LogP contribution < -0.4 is 15.4 Å². The van der Waals surface area contributed by atoms with Crippen LogP contribution in [0.1, 0.15) is 49.8 Å². The van der Waals surface area contributed by atoms with Gasteiger partial charge in [0.05, 0.1) is 17.8 Å². The lowest BCUT2D eigenvalue weighted by Gasteiger charge is -2.43. The highest BCUT2D eigenvalue weighted by molar-refractivity contribution is 5.92. The van der Waals surface area contributed by atoms with Gasteiger partial charge in [0.15, 0.2) is 0 Å². The lowest BCUT2D eigenvalue weighted by Crippen LogP contribution is -2.46. The largest absolute Gasteiger partial charge is 0.381 e. The number of aryl methyl sites for hydroxylation is 1. The van der Waals surface area contributed by atoms with Crippen molar-refractivity contribution in [2.24, 2.45) is 13.0 Å². The van der Waals surface area contributed by atoms with Gasteiger partial charge in [0, 0.05) is 45.0 Å². The maximum atomic E-state index is 13.7. The number of pyridine rings is 2. The number of aromatic nitrogens is 2. The molecule has 1 unspecified atom stereocenters. The molecule has 0 N–H and O–H groups in total. The van der Waals surface area contributed by atoms with E-state index in [0.717, 1.165) is 64.0 Å². The van der Waals surface area contributed by atoms with Crippen molar-refractivity contribution in [1.82, 2.24) is 9.55 Å². The number of halogens is 1. The van der Waals surface area contributed by atoms with Gasteiger partial charge in [-0.3, -0.25) is 4.79 Å². The molecule has 0 radical (unpaired) electrons. The van der Waals surface area contributed by atoms with E-state index < -0.39 is 0 Å². The third-order valence-corrected chi connectivity index (χ3v) is 8.32. The maximum Gasteiger partial charge on any atom is 0.270 e. The first-order chi connectivity index (χ1) is 18.9. The van der Waals surface area contributed by atoms with E-state index in [0.29, 0.717) is 28.7 Å². The Kier molecular flexibility index (Phi) is 7.81. The minimum absolute atomic E-state index is 0.0439. The van der Waals surface area contributed by atoms with Crippen LogP contribution in [0.3, 0.4) is 0 Å². The zero-order valence-electron chi connectivity index (χ0n) is 22.4. The van der Waals surface area contributed by atoms with Crippen molar-refractivity contribution >= 4 is 22.4 Å². The highest BCUT2D eigenvalue weighted by Gasteiger charge is 2.32. The van der Waals surface area contributed by atoms with Gasteiger partial charge >= 0.3 is 0 Å². The van der Waals surface area contributed by atoms with Crippen molar-refractivity contribution in [3.8, 4) is 12.1 Å². The molecule has 2 fully saturated rings. The summed E-state index contributed by atoms with van der Waals surface area (Å²) >= 11 is 0. The van der Waals surface area contributed by atoms with Crippen LogP contribution in [-0.2, 0) is 11.8 Å². The van der Waals surface area contributed by atoms with E-state index in [1.165, 1.54) is 16.7 Å². The quantitative estimate of drug-likeness (QED) is 0.465. The summed E-state index contributed by atoms with van der Waals surface area (Å²) in [7, 11) is 3.54. The van der Waals surface area contributed by atoms with Gasteiger partial charge in [-0.2, -0.15) is 10.5 Å². The zero-order chi connectivity index (χ0) is 27.5. The number of fused-ring (bicyclic) bond motifs is 1. The number of nitrogens with zero attached hydrogens (tertiary/aromatic N) is 6. The zero-order valence-corrected chi connectivity index (χ0v) is 22.4. The molecular formula is C30H33FN6O2. The molecule has 2 aromatic heterocycles. The number of anilines is 2. The number of hydrogen-bond acceptors (Lipinski definition) is 7. The molecule has 3 aromatic rings. The van der Waals surface area contributed by atoms with Crippen molar-refractivity contribution in [3.63, 3.8) is 0 Å². The monoisotopic (exact) mass is 528 g/mol. The molecular weight excluding hydrogens is 495 g/mol. The van der Waals surface area contributed by atoms with Crippen molar-refractivity contribution in [2.75, 3.05) is 36.6 Å². The van der Waals surface area contributed by atoms with Gasteiger partial charge in [0.1, 0.15) is 34.7 Å². The molecule has 9 heteroatoms. The van der Waals surface area contributed by atoms with E-state index in [1.807, 2.05) is 24.1 Å². The first kappa shape index (κ1) is 26.6. The summed E-state index contributed by atoms with van der Waals surface area (Å²) in [6.07, 6.45) is 5.75. The smallest absolute Gasteiger partial charge is 0.270 e. The van der Waals surface area contributed by atoms with Crippen molar-refractivity contribution in [2.45, 2.75) is 50.6 Å². The van der Waals surface area contributed by atoms with Crippen LogP contribution in [0.15, 0.2) is 41.2 Å². The van der Waals surface area contributed by atoms with Crippen molar-refractivity contribution in [1.29, 1.82) is 10.5 Å². The highest BCUT2D eigenvalue weighted by atomic mass is 19.1. The number of benzene rings is 1. The SMILES string of the molecule is Cn1c(=O)c(C#N)c(N(C)[C@H]2CC[C@@H](N(CC3CCCOC3)c3ccc(F)cc3)CC2)c2nc(C#N)ccc21. The van der Waals surface area contributed by atoms with Gasteiger partial charge in [0.2, 0.25) is 0 Å². The van der Waals surface area contributed by atoms with Gasteiger partial charge in [0.25, 0.3) is 5.56 Å². The molecule has 1 aliphatic carbocycles. The maximum absolute atomic E-state index is 13.7. The lowest BCUT2D eigenvalue weighted by atomic mass is 9.87. The molecule has 2 aliphatic rings. The van der Waals surface area contributed by atoms with E-state index in [-0.39, 0.29) is 28.7 Å². The number of nitriles is 2. The molecule has 3 heterocycles. The molecule has 1 atom stereocenters. The highest BCUT2D eigenvalue weighted by Crippen LogP contribution is 2.35. The summed E-state index contributed by atoms with van der Waals surface area (Å²) in [5.74, 6) is 0.197. The van der Waals surface area contributed by atoms with E-state index >= 15 is 0 Å². The fourth-order valence-electron chi connectivity index (χ4n) is 6.17. The van der Waals surface area contributed by atoms with Crippen LogP contribution in [0, 0.1) is 34.4 Å². The third-order valence-electron chi connectivity index (χ3n) is 8.32. The first-order valence-corrected chi connectivity index (χ1v) is 13.6. The van der Waals surface area contributed by atoms with Crippen LogP contribution >= 0.6 is 0 Å². The number of ether oxygens (including phenoxy) is 1. The van der Waals surface area contributed by atoms with Gasteiger partial charge in [-0.1, -0.05) is 0 Å². The number of hydrogen-bond donors (Lipinski definition) is 0. The summed E-state index contributed by atoms with van der Waals surface area (Å²) in [5, 5.41) is 19.4. The molecule has 0 bridgehead atoms. The van der Waals surface area contributed by atoms with E-state index in [2.05, 4.69) is 22.0 Å². The molecule has 39 heavy (non-hydrogen) atoms. The van der Waals surface area contributed by atoms with Crippen molar-refractivity contribution in [3.05, 3.63) is 63.8 Å². The third kappa shape index (κ3) is 5.32. The topological polar surface area (TPSA) is 98.2 Å². The second-order valence-corrected chi connectivity index (χ2v) is 10.7. The Hall–Kier alpha value is -3.95. The van der Waals surface area contributed by atoms with Crippen LogP contribution in [0.2, 0.25) is 0 Å². The average molecular weight is 529 g/mol. The second-order valence-electron chi connectivity index (χ2n) is 10.7. The molecule has 0 amide bonds. The molecule has 5 rings (SSSR count). The molecule has 202 valence electrons. The standard InChI is InChI=1S/C30H33FN6O2/c1-35(29-26(17-33)30(38)36(2)27-14-7-22(16-32)34-28(27)29)23-10-12-25(13-11-23)37(18-20-4-3-15-39-19-20)24-8-5-21(31)6-9-24/h5-9,14,20,23,25H,3-4,10-13,15,18-19H2,1-2H3/t20?,23-,25+. The molecule has 8 nitrogen and oxygen atoms in total. The van der Waals surface area contributed by atoms with Gasteiger partial charge < -0.3 is 19.1 Å². The van der Waals surface area contributed by atoms with E-state index in [9.17, 15) is 19.7 Å². The average Bonchev–Trinajstić information content (AvgIpc) is 2.98. The molecule has 1 aliphatic heterocycles. The van der Waals surface area contributed by atoms with E-state index in [1.54, 1.807) is 19.2 Å². The molecule has 1 saturated heterocycles. The number of rotatable bonds is 6. The summed E-state index contributed by atoms with van der Waals surface area (Å²) in [5.41, 5.74) is 2.51. The normalized spacial score (nSPS) is 21.2. The van der Waals surface area contributed by atoms with Crippen LogP contribution in [0.5, 0.6) is 0 Å². The molecule has 1 aromatic carbocycles. The Balaban J connectivity index is 1.41. The Labute approximate surface area is 227 Å². The van der Waals surface area contributed by atoms with Crippen molar-refractivity contribution < 1.29 is 9.13 Å². The van der Waals surface area contributed by atoms with Gasteiger partial charge in [-0.25, -0.2) is 9.37 Å². The Morgan fingerprint density at radius 1 is 1.05 bits per heavy atom. The second kappa shape index (κ2) is 11.4.